The maximum Gasteiger partial charge on any atom is 0.241 e. The van der Waals surface area contributed by atoms with Crippen molar-refractivity contribution in [2.24, 2.45) is 0 Å². The van der Waals surface area contributed by atoms with Gasteiger partial charge in [0, 0.05) is 24.8 Å². The molecule has 156 valence electrons. The lowest BCUT2D eigenvalue weighted by atomic mass is 9.80. The molecule has 3 aliphatic rings. The van der Waals surface area contributed by atoms with Gasteiger partial charge in [-0.25, -0.2) is 0 Å². The van der Waals surface area contributed by atoms with Crippen LogP contribution in [0.3, 0.4) is 0 Å². The van der Waals surface area contributed by atoms with E-state index in [2.05, 4.69) is 0 Å². The predicted molar refractivity (Wildman–Crippen MR) is 109 cm³/mol. The smallest absolute Gasteiger partial charge is 0.241 e. The first-order valence-electron chi connectivity index (χ1n) is 10.1. The molecule has 2 aliphatic heterocycles. The van der Waals surface area contributed by atoms with Crippen LogP contribution < -0.4 is 14.2 Å². The number of hydrogen-bond donors (Lipinski definition) is 0. The van der Waals surface area contributed by atoms with Gasteiger partial charge in [-0.2, -0.15) is 0 Å². The average Bonchev–Trinajstić information content (AvgIpc) is 2.78. The zero-order chi connectivity index (χ0) is 20.9. The number of rotatable bonds is 4. The molecule has 30 heavy (non-hydrogen) atoms. The molecule has 0 saturated carbocycles. The summed E-state index contributed by atoms with van der Waals surface area (Å²) in [4.78, 5) is 12.8. The first-order valence-corrected chi connectivity index (χ1v) is 10.1. The minimum absolute atomic E-state index is 0.0900. The highest BCUT2D eigenvalue weighted by Gasteiger charge is 2.51. The van der Waals surface area contributed by atoms with Crippen LogP contribution in [0.5, 0.6) is 17.2 Å². The Labute approximate surface area is 175 Å². The van der Waals surface area contributed by atoms with E-state index >= 15 is 0 Å². The molecule has 0 saturated heterocycles. The van der Waals surface area contributed by atoms with Gasteiger partial charge in [0.15, 0.2) is 17.3 Å². The lowest BCUT2D eigenvalue weighted by molar-refractivity contribution is -0.270. The fourth-order valence-corrected chi connectivity index (χ4v) is 4.66. The molecule has 1 aliphatic carbocycles. The van der Waals surface area contributed by atoms with Gasteiger partial charge in [-0.15, -0.1) is 0 Å². The van der Waals surface area contributed by atoms with Crippen LogP contribution in [-0.4, -0.2) is 27.1 Å². The van der Waals surface area contributed by atoms with Crippen molar-refractivity contribution in [3.63, 3.8) is 0 Å². The van der Waals surface area contributed by atoms with Gasteiger partial charge in [0.2, 0.25) is 5.79 Å². The van der Waals surface area contributed by atoms with Gasteiger partial charge in [-0.3, -0.25) is 4.79 Å². The Morgan fingerprint density at radius 3 is 2.40 bits per heavy atom. The zero-order valence-corrected chi connectivity index (χ0v) is 17.3. The van der Waals surface area contributed by atoms with E-state index in [1.165, 1.54) is 0 Å². The molecule has 0 spiro atoms. The van der Waals surface area contributed by atoms with Crippen molar-refractivity contribution in [2.45, 2.75) is 37.6 Å². The molecule has 2 aromatic rings. The first-order chi connectivity index (χ1) is 14.6. The second-order valence-electron chi connectivity index (χ2n) is 7.78. The molecule has 0 N–H and O–H groups in total. The van der Waals surface area contributed by atoms with Crippen molar-refractivity contribution in [1.82, 2.24) is 0 Å². The summed E-state index contributed by atoms with van der Waals surface area (Å²) in [6, 6.07) is 11.6. The molecule has 0 radical (unpaired) electrons. The summed E-state index contributed by atoms with van der Waals surface area (Å²) in [5.74, 6) is 1.86. The van der Waals surface area contributed by atoms with Crippen LogP contribution in [0.15, 0.2) is 47.7 Å². The Kier molecular flexibility index (Phi) is 4.47. The zero-order valence-electron chi connectivity index (χ0n) is 17.3. The minimum atomic E-state index is -1.00. The third-order valence-electron chi connectivity index (χ3n) is 6.15. The van der Waals surface area contributed by atoms with Crippen molar-refractivity contribution >= 4 is 5.78 Å². The third-order valence-corrected chi connectivity index (χ3v) is 6.15. The van der Waals surface area contributed by atoms with E-state index in [1.54, 1.807) is 21.3 Å². The summed E-state index contributed by atoms with van der Waals surface area (Å²) in [7, 11) is 4.86. The summed E-state index contributed by atoms with van der Waals surface area (Å²) in [6.45, 7) is 0. The summed E-state index contributed by atoms with van der Waals surface area (Å²) >= 11 is 0. The largest absolute Gasteiger partial charge is 0.497 e. The van der Waals surface area contributed by atoms with Gasteiger partial charge in [-0.1, -0.05) is 0 Å². The van der Waals surface area contributed by atoms with E-state index < -0.39 is 11.9 Å². The number of carbonyl (C=O) groups is 1. The van der Waals surface area contributed by atoms with Gasteiger partial charge in [0.05, 0.1) is 26.9 Å². The van der Waals surface area contributed by atoms with Crippen molar-refractivity contribution < 1.29 is 28.5 Å². The lowest BCUT2D eigenvalue weighted by Gasteiger charge is -2.48. The maximum absolute atomic E-state index is 12.8. The Hall–Kier alpha value is -2.99. The fraction of sp³-hybridized carbons (Fsp3) is 0.375. The molecule has 0 amide bonds. The molecular formula is C24H24O6. The van der Waals surface area contributed by atoms with Gasteiger partial charge in [0.1, 0.15) is 17.6 Å². The van der Waals surface area contributed by atoms with Crippen molar-refractivity contribution in [3.8, 4) is 17.2 Å². The second kappa shape index (κ2) is 7.06. The van der Waals surface area contributed by atoms with Crippen LogP contribution in [0.2, 0.25) is 0 Å². The number of carbonyl (C=O) groups excluding carboxylic acids is 1. The first kappa shape index (κ1) is 19.0. The lowest BCUT2D eigenvalue weighted by Crippen LogP contribution is -2.46. The van der Waals surface area contributed by atoms with Crippen LogP contribution in [0.25, 0.3) is 0 Å². The Bertz CT molecular complexity index is 1040. The summed E-state index contributed by atoms with van der Waals surface area (Å²) in [5, 5.41) is 0. The van der Waals surface area contributed by atoms with E-state index in [0.29, 0.717) is 29.9 Å². The Morgan fingerprint density at radius 1 is 0.967 bits per heavy atom. The SMILES string of the molecule is COc1ccc([C@]23Cc4cc(OC)c(OC)cc4C(O2)C2=C(CCCC2=O)O3)cc1. The number of ether oxygens (including phenoxy) is 5. The standard InChI is InChI=1S/C24H24O6/c1-26-16-9-7-15(8-10-16)24-13-14-11-20(27-2)21(28-3)12-17(14)23(30-24)22-18(25)5-4-6-19(22)29-24/h7-12,23H,4-6,13H2,1-3H3/t23?,24-/m0/s1. The molecule has 1 unspecified atom stereocenters. The van der Waals surface area contributed by atoms with Gasteiger partial charge in [0.25, 0.3) is 0 Å². The van der Waals surface area contributed by atoms with Gasteiger partial charge < -0.3 is 23.7 Å². The summed E-state index contributed by atoms with van der Waals surface area (Å²) in [5.41, 5.74) is 3.48. The Morgan fingerprint density at radius 2 is 1.70 bits per heavy atom. The highest BCUT2D eigenvalue weighted by Crippen LogP contribution is 2.54. The molecule has 2 atom stereocenters. The van der Waals surface area contributed by atoms with Crippen LogP contribution in [0.4, 0.5) is 0 Å². The number of hydrogen-bond acceptors (Lipinski definition) is 6. The number of benzene rings is 2. The second-order valence-corrected chi connectivity index (χ2v) is 7.78. The average molecular weight is 408 g/mol. The molecule has 6 heteroatoms. The number of fused-ring (bicyclic) bond motifs is 5. The van der Waals surface area contributed by atoms with Crippen molar-refractivity contribution in [1.29, 1.82) is 0 Å². The van der Waals surface area contributed by atoms with Crippen LogP contribution in [-0.2, 0) is 26.5 Å². The van der Waals surface area contributed by atoms with E-state index in [1.807, 2.05) is 36.4 Å². The summed E-state index contributed by atoms with van der Waals surface area (Å²) in [6.07, 6.45) is 2.05. The van der Waals surface area contributed by atoms with Crippen LogP contribution in [0, 0.1) is 0 Å². The van der Waals surface area contributed by atoms with Crippen LogP contribution in [0.1, 0.15) is 42.1 Å². The molecule has 0 fully saturated rings. The van der Waals surface area contributed by atoms with Gasteiger partial charge in [-0.05, 0) is 53.9 Å². The van der Waals surface area contributed by atoms with Crippen molar-refractivity contribution in [2.75, 3.05) is 21.3 Å². The molecule has 2 bridgehead atoms. The summed E-state index contributed by atoms with van der Waals surface area (Å²) < 4.78 is 29.4. The van der Waals surface area contributed by atoms with Gasteiger partial charge >= 0.3 is 0 Å². The minimum Gasteiger partial charge on any atom is -0.497 e. The topological polar surface area (TPSA) is 63.2 Å². The molecule has 2 aromatic carbocycles. The molecule has 0 aromatic heterocycles. The van der Waals surface area contributed by atoms with Crippen molar-refractivity contribution in [3.05, 3.63) is 64.4 Å². The molecule has 5 rings (SSSR count). The van der Waals surface area contributed by atoms with E-state index in [4.69, 9.17) is 23.7 Å². The van der Waals surface area contributed by atoms with E-state index in [-0.39, 0.29) is 5.78 Å². The normalized spacial score (nSPS) is 24.5. The number of allylic oxidation sites excluding steroid dienone is 1. The van der Waals surface area contributed by atoms with E-state index in [9.17, 15) is 4.79 Å². The maximum atomic E-state index is 12.8. The number of Topliss-reactive ketones (excluding diaryl/α,β-unsaturated/α-hetero) is 1. The highest BCUT2D eigenvalue weighted by atomic mass is 16.7. The van der Waals surface area contributed by atoms with Crippen LogP contribution >= 0.6 is 0 Å². The number of ketones is 1. The Balaban J connectivity index is 1.70. The highest BCUT2D eigenvalue weighted by molar-refractivity contribution is 5.98. The monoisotopic (exact) mass is 408 g/mol. The fourth-order valence-electron chi connectivity index (χ4n) is 4.66. The van der Waals surface area contributed by atoms with E-state index in [0.717, 1.165) is 41.0 Å². The molecule has 2 heterocycles. The third kappa shape index (κ3) is 2.78. The molecule has 6 nitrogen and oxygen atoms in total. The predicted octanol–water partition coefficient (Wildman–Crippen LogP) is 4.22. The molecular weight excluding hydrogens is 384 g/mol. The number of methoxy groups -OCH3 is 3. The quantitative estimate of drug-likeness (QED) is 0.755.